The molecule has 0 N–H and O–H groups in total. The normalized spacial score (nSPS) is 10.6. The summed E-state index contributed by atoms with van der Waals surface area (Å²) in [4.78, 5) is 20.6. The lowest BCUT2D eigenvalue weighted by molar-refractivity contribution is -0.301. The molecule has 0 amide bonds. The number of unbranched alkanes of at least 4 members (excludes halogenated alkanes) is 2. The third-order valence-corrected chi connectivity index (χ3v) is 2.24. The molecule has 0 saturated heterocycles. The summed E-state index contributed by atoms with van der Waals surface area (Å²) in [5.41, 5.74) is 0. The van der Waals surface area contributed by atoms with Crippen molar-refractivity contribution in [2.45, 2.75) is 53.4 Å². The van der Waals surface area contributed by atoms with E-state index < -0.39 is 0 Å². The summed E-state index contributed by atoms with van der Waals surface area (Å²) in [6.45, 7) is 11.0. The standard InChI is InChI=1S/C11H20O2.C5H8O2/c1-4-11(12)13-9-7-5-6-8-10(2)3;1-4(6)3-5(2)7/h4,10H,1,5-9H2,2-3H3;3,6H,1-2H3/p-1. The number of ketones is 1. The first-order valence-electron chi connectivity index (χ1n) is 6.94. The smallest absolute Gasteiger partial charge is 0.330 e. The van der Waals surface area contributed by atoms with Crippen molar-refractivity contribution < 1.29 is 19.4 Å². The van der Waals surface area contributed by atoms with Gasteiger partial charge in [-0.1, -0.05) is 46.6 Å². The number of hydrogen-bond donors (Lipinski definition) is 0. The summed E-state index contributed by atoms with van der Waals surface area (Å²) in [6, 6.07) is 0. The molecule has 0 aromatic carbocycles. The zero-order valence-corrected chi connectivity index (χ0v) is 13.1. The number of rotatable bonds is 8. The Kier molecular flexibility index (Phi) is 14.3. The second-order valence-electron chi connectivity index (χ2n) is 4.98. The number of carbonyl (C=O) groups is 2. The summed E-state index contributed by atoms with van der Waals surface area (Å²) in [7, 11) is 0. The minimum atomic E-state index is -0.316. The van der Waals surface area contributed by atoms with Crippen molar-refractivity contribution >= 4 is 11.8 Å². The van der Waals surface area contributed by atoms with Crippen molar-refractivity contribution in [1.82, 2.24) is 0 Å². The Hall–Kier alpha value is -1.58. The fraction of sp³-hybridized carbons (Fsp3) is 0.625. The number of ether oxygens (including phenoxy) is 1. The molecule has 0 aliphatic carbocycles. The lowest BCUT2D eigenvalue weighted by atomic mass is 10.1. The summed E-state index contributed by atoms with van der Waals surface area (Å²) in [6.07, 6.45) is 6.85. The molecular weight excluding hydrogens is 256 g/mol. The van der Waals surface area contributed by atoms with Crippen LogP contribution < -0.4 is 5.11 Å². The van der Waals surface area contributed by atoms with E-state index >= 15 is 0 Å². The van der Waals surface area contributed by atoms with Crippen LogP contribution in [0.4, 0.5) is 0 Å². The monoisotopic (exact) mass is 283 g/mol. The molecule has 0 unspecified atom stereocenters. The maximum Gasteiger partial charge on any atom is 0.330 e. The highest BCUT2D eigenvalue weighted by Gasteiger charge is 1.96. The van der Waals surface area contributed by atoms with Crippen molar-refractivity contribution in [3.05, 3.63) is 24.5 Å². The summed E-state index contributed by atoms with van der Waals surface area (Å²) in [5, 5.41) is 9.98. The molecule has 0 spiro atoms. The number of allylic oxidation sites excluding steroid dienone is 2. The predicted octanol–water partition coefficient (Wildman–Crippen LogP) is 2.77. The Labute approximate surface area is 122 Å². The Bertz CT molecular complexity index is 312. The van der Waals surface area contributed by atoms with Gasteiger partial charge in [0.1, 0.15) is 0 Å². The van der Waals surface area contributed by atoms with Crippen LogP contribution in [0.5, 0.6) is 0 Å². The topological polar surface area (TPSA) is 66.4 Å². The largest absolute Gasteiger partial charge is 0.876 e. The molecule has 20 heavy (non-hydrogen) atoms. The average Bonchev–Trinajstić information content (AvgIpc) is 2.31. The van der Waals surface area contributed by atoms with Crippen LogP contribution in [-0.4, -0.2) is 18.4 Å². The van der Waals surface area contributed by atoms with E-state index in [1.807, 2.05) is 0 Å². The van der Waals surface area contributed by atoms with Crippen LogP contribution in [0.1, 0.15) is 53.4 Å². The van der Waals surface area contributed by atoms with E-state index in [1.165, 1.54) is 32.8 Å². The minimum Gasteiger partial charge on any atom is -0.876 e. The van der Waals surface area contributed by atoms with Gasteiger partial charge in [0.2, 0.25) is 0 Å². The summed E-state index contributed by atoms with van der Waals surface area (Å²) >= 11 is 0. The molecule has 0 aromatic heterocycles. The van der Waals surface area contributed by atoms with Crippen molar-refractivity contribution in [2.75, 3.05) is 6.61 Å². The first-order valence-corrected chi connectivity index (χ1v) is 6.94. The second-order valence-corrected chi connectivity index (χ2v) is 4.98. The average molecular weight is 283 g/mol. The van der Waals surface area contributed by atoms with E-state index in [9.17, 15) is 14.7 Å². The molecular formula is C16H27O4-. The molecule has 0 heterocycles. The van der Waals surface area contributed by atoms with E-state index in [2.05, 4.69) is 20.4 Å². The lowest BCUT2D eigenvalue weighted by Crippen LogP contribution is -2.01. The van der Waals surface area contributed by atoms with E-state index in [-0.39, 0.29) is 17.5 Å². The number of hydrogen-bond acceptors (Lipinski definition) is 4. The molecule has 0 aliphatic heterocycles. The van der Waals surface area contributed by atoms with E-state index in [0.29, 0.717) is 6.61 Å². The molecule has 0 bridgehead atoms. The van der Waals surface area contributed by atoms with Gasteiger partial charge in [0.15, 0.2) is 5.78 Å². The van der Waals surface area contributed by atoms with Gasteiger partial charge in [-0.25, -0.2) is 4.79 Å². The van der Waals surface area contributed by atoms with Gasteiger partial charge in [0.25, 0.3) is 0 Å². The van der Waals surface area contributed by atoms with Gasteiger partial charge in [-0.15, -0.1) is 5.76 Å². The van der Waals surface area contributed by atoms with Crippen molar-refractivity contribution in [3.8, 4) is 0 Å². The molecule has 0 aliphatic rings. The van der Waals surface area contributed by atoms with Crippen LogP contribution in [0.3, 0.4) is 0 Å². The fourth-order valence-corrected chi connectivity index (χ4v) is 1.35. The van der Waals surface area contributed by atoms with Crippen LogP contribution >= 0.6 is 0 Å². The van der Waals surface area contributed by atoms with Crippen molar-refractivity contribution in [2.24, 2.45) is 5.92 Å². The molecule has 4 heteroatoms. The van der Waals surface area contributed by atoms with Crippen LogP contribution in [0.2, 0.25) is 0 Å². The van der Waals surface area contributed by atoms with E-state index in [1.54, 1.807) is 0 Å². The maximum atomic E-state index is 10.6. The van der Waals surface area contributed by atoms with Crippen molar-refractivity contribution in [1.29, 1.82) is 0 Å². The van der Waals surface area contributed by atoms with Gasteiger partial charge >= 0.3 is 5.97 Å². The zero-order valence-electron chi connectivity index (χ0n) is 13.1. The van der Waals surface area contributed by atoms with Gasteiger partial charge in [0.05, 0.1) is 6.61 Å². The van der Waals surface area contributed by atoms with Gasteiger partial charge in [-0.3, -0.25) is 4.79 Å². The number of esters is 1. The molecule has 0 aromatic rings. The first kappa shape index (κ1) is 20.7. The Morgan fingerprint density at radius 3 is 2.15 bits per heavy atom. The van der Waals surface area contributed by atoms with Gasteiger partial charge in [0, 0.05) is 6.08 Å². The van der Waals surface area contributed by atoms with Crippen LogP contribution in [0, 0.1) is 5.92 Å². The third kappa shape index (κ3) is 21.7. The van der Waals surface area contributed by atoms with Crippen LogP contribution in [0.15, 0.2) is 24.5 Å². The van der Waals surface area contributed by atoms with Crippen molar-refractivity contribution in [3.63, 3.8) is 0 Å². The maximum absolute atomic E-state index is 10.6. The highest BCUT2D eigenvalue weighted by molar-refractivity contribution is 5.87. The SMILES string of the molecule is C=CC(=O)OCCCCCC(C)C.CC(=O)C=C(C)[O-]. The lowest BCUT2D eigenvalue weighted by Gasteiger charge is -2.04. The molecule has 0 saturated carbocycles. The quantitative estimate of drug-likeness (QED) is 0.297. The highest BCUT2D eigenvalue weighted by atomic mass is 16.5. The predicted molar refractivity (Wildman–Crippen MR) is 78.9 cm³/mol. The zero-order chi connectivity index (χ0) is 16.0. The van der Waals surface area contributed by atoms with E-state index in [4.69, 9.17) is 4.74 Å². The molecule has 0 atom stereocenters. The van der Waals surface area contributed by atoms with Gasteiger partial charge in [-0.05, 0) is 25.3 Å². The van der Waals surface area contributed by atoms with Crippen LogP contribution in [-0.2, 0) is 14.3 Å². The summed E-state index contributed by atoms with van der Waals surface area (Å²) < 4.78 is 4.84. The Morgan fingerprint density at radius 2 is 1.80 bits per heavy atom. The number of carbonyl (C=O) groups excluding carboxylic acids is 2. The van der Waals surface area contributed by atoms with E-state index in [0.717, 1.165) is 24.8 Å². The Morgan fingerprint density at radius 1 is 1.20 bits per heavy atom. The Balaban J connectivity index is 0. The second kappa shape index (κ2) is 13.8. The third-order valence-electron chi connectivity index (χ3n) is 2.24. The molecule has 0 fully saturated rings. The minimum absolute atomic E-state index is 0.187. The van der Waals surface area contributed by atoms with Gasteiger partial charge < -0.3 is 9.84 Å². The van der Waals surface area contributed by atoms with Gasteiger partial charge in [-0.2, -0.15) is 0 Å². The first-order chi connectivity index (χ1) is 9.29. The fourth-order valence-electron chi connectivity index (χ4n) is 1.35. The molecule has 116 valence electrons. The van der Waals surface area contributed by atoms with Crippen LogP contribution in [0.25, 0.3) is 0 Å². The highest BCUT2D eigenvalue weighted by Crippen LogP contribution is 2.07. The summed E-state index contributed by atoms with van der Waals surface area (Å²) in [5.74, 6) is 0.0829. The molecule has 0 rings (SSSR count). The molecule has 4 nitrogen and oxygen atoms in total. The molecule has 0 radical (unpaired) electrons.